The third-order valence-corrected chi connectivity index (χ3v) is 4.21. The molecule has 4 nitrogen and oxygen atoms in total. The van der Waals surface area contributed by atoms with Gasteiger partial charge in [-0.15, -0.1) is 0 Å². The van der Waals surface area contributed by atoms with Crippen molar-refractivity contribution in [3.05, 3.63) is 53.1 Å². The molecule has 0 fully saturated rings. The molecular weight excluding hydrogens is 312 g/mol. The Morgan fingerprint density at radius 1 is 1.35 bits per heavy atom. The molecule has 1 aliphatic heterocycles. The second kappa shape index (κ2) is 6.50. The SMILES string of the molecule is CCC1CN(C(=O)Nc2ccccc2C)c2cc(Cl)ccc2O1. The molecule has 0 saturated carbocycles. The van der Waals surface area contributed by atoms with E-state index in [1.54, 1.807) is 17.0 Å². The van der Waals surface area contributed by atoms with E-state index in [1.165, 1.54) is 0 Å². The van der Waals surface area contributed by atoms with Crippen LogP contribution in [-0.2, 0) is 0 Å². The number of fused-ring (bicyclic) bond motifs is 1. The zero-order chi connectivity index (χ0) is 16.4. The molecule has 1 aliphatic rings. The fraction of sp³-hybridized carbons (Fsp3) is 0.278. The molecule has 0 saturated heterocycles. The van der Waals surface area contributed by atoms with Crippen LogP contribution in [0.4, 0.5) is 16.2 Å². The van der Waals surface area contributed by atoms with Gasteiger partial charge >= 0.3 is 6.03 Å². The molecule has 23 heavy (non-hydrogen) atoms. The summed E-state index contributed by atoms with van der Waals surface area (Å²) in [5, 5.41) is 3.55. The fourth-order valence-electron chi connectivity index (χ4n) is 2.62. The van der Waals surface area contributed by atoms with Crippen LogP contribution in [0, 0.1) is 6.92 Å². The Kier molecular flexibility index (Phi) is 4.44. The Bertz CT molecular complexity index is 733. The first-order valence-corrected chi connectivity index (χ1v) is 8.06. The van der Waals surface area contributed by atoms with Crippen molar-refractivity contribution in [1.82, 2.24) is 0 Å². The molecule has 2 aromatic rings. The fourth-order valence-corrected chi connectivity index (χ4v) is 2.79. The van der Waals surface area contributed by atoms with E-state index in [2.05, 4.69) is 5.32 Å². The molecule has 1 unspecified atom stereocenters. The van der Waals surface area contributed by atoms with Crippen molar-refractivity contribution in [2.45, 2.75) is 26.4 Å². The van der Waals surface area contributed by atoms with Crippen LogP contribution in [0.1, 0.15) is 18.9 Å². The highest BCUT2D eigenvalue weighted by atomic mass is 35.5. The molecule has 0 spiro atoms. The molecule has 2 aromatic carbocycles. The third kappa shape index (κ3) is 3.27. The minimum atomic E-state index is -0.176. The number of ether oxygens (including phenoxy) is 1. The predicted octanol–water partition coefficient (Wildman–Crippen LogP) is 4.86. The quantitative estimate of drug-likeness (QED) is 0.854. The maximum atomic E-state index is 12.8. The topological polar surface area (TPSA) is 41.6 Å². The van der Waals surface area contributed by atoms with Gasteiger partial charge in [0.1, 0.15) is 11.9 Å². The lowest BCUT2D eigenvalue weighted by Crippen LogP contribution is -2.45. The van der Waals surface area contributed by atoms with Gasteiger partial charge in [-0.05, 0) is 43.2 Å². The lowest BCUT2D eigenvalue weighted by Gasteiger charge is -2.34. The minimum Gasteiger partial charge on any atom is -0.486 e. The number of para-hydroxylation sites is 1. The van der Waals surface area contributed by atoms with E-state index in [0.717, 1.165) is 17.7 Å². The average molecular weight is 331 g/mol. The Hall–Kier alpha value is -2.20. The number of urea groups is 1. The van der Waals surface area contributed by atoms with E-state index in [1.807, 2.05) is 44.2 Å². The van der Waals surface area contributed by atoms with Gasteiger partial charge in [-0.3, -0.25) is 4.90 Å². The highest BCUT2D eigenvalue weighted by Gasteiger charge is 2.29. The molecule has 0 aliphatic carbocycles. The molecule has 0 aromatic heterocycles. The summed E-state index contributed by atoms with van der Waals surface area (Å²) >= 11 is 6.09. The van der Waals surface area contributed by atoms with Crippen molar-refractivity contribution in [3.8, 4) is 5.75 Å². The van der Waals surface area contributed by atoms with Crippen molar-refractivity contribution in [2.24, 2.45) is 0 Å². The summed E-state index contributed by atoms with van der Waals surface area (Å²) < 4.78 is 5.91. The summed E-state index contributed by atoms with van der Waals surface area (Å²) in [6.45, 7) is 4.51. The first kappa shape index (κ1) is 15.7. The maximum absolute atomic E-state index is 12.8. The Labute approximate surface area is 141 Å². The second-order valence-corrected chi connectivity index (χ2v) is 6.05. The maximum Gasteiger partial charge on any atom is 0.326 e. The summed E-state index contributed by atoms with van der Waals surface area (Å²) in [6.07, 6.45) is 0.808. The average Bonchev–Trinajstić information content (AvgIpc) is 2.56. The molecule has 5 heteroatoms. The smallest absolute Gasteiger partial charge is 0.326 e. The lowest BCUT2D eigenvalue weighted by atomic mass is 10.1. The molecule has 1 atom stereocenters. The highest BCUT2D eigenvalue weighted by molar-refractivity contribution is 6.31. The molecular formula is C18H19ClN2O2. The van der Waals surface area contributed by atoms with Crippen molar-refractivity contribution in [3.63, 3.8) is 0 Å². The molecule has 1 N–H and O–H groups in total. The van der Waals surface area contributed by atoms with Crippen LogP contribution in [0.2, 0.25) is 5.02 Å². The van der Waals surface area contributed by atoms with Crippen molar-refractivity contribution < 1.29 is 9.53 Å². The number of nitrogens with one attached hydrogen (secondary N) is 1. The van der Waals surface area contributed by atoms with Crippen LogP contribution < -0.4 is 15.0 Å². The van der Waals surface area contributed by atoms with Gasteiger partial charge in [0.15, 0.2) is 0 Å². The van der Waals surface area contributed by atoms with Gasteiger partial charge in [-0.25, -0.2) is 4.79 Å². The van der Waals surface area contributed by atoms with E-state index >= 15 is 0 Å². The second-order valence-electron chi connectivity index (χ2n) is 5.62. The third-order valence-electron chi connectivity index (χ3n) is 3.98. The molecule has 2 amide bonds. The molecule has 0 bridgehead atoms. The number of carbonyl (C=O) groups is 1. The standard InChI is InChI=1S/C18H19ClN2O2/c1-3-14-11-21(16-10-13(19)8-9-17(16)23-14)18(22)20-15-7-5-4-6-12(15)2/h4-10,14H,3,11H2,1-2H3,(H,20,22). The van der Waals surface area contributed by atoms with Gasteiger partial charge in [0.05, 0.1) is 12.2 Å². The van der Waals surface area contributed by atoms with Crippen LogP contribution in [0.25, 0.3) is 0 Å². The molecule has 120 valence electrons. The van der Waals surface area contributed by atoms with Crippen LogP contribution >= 0.6 is 11.6 Å². The minimum absolute atomic E-state index is 0.0219. The van der Waals surface area contributed by atoms with E-state index in [9.17, 15) is 4.79 Å². The number of hydrogen-bond acceptors (Lipinski definition) is 2. The Balaban J connectivity index is 1.90. The van der Waals surface area contributed by atoms with Gasteiger partial charge in [0.2, 0.25) is 0 Å². The van der Waals surface area contributed by atoms with E-state index in [0.29, 0.717) is 23.0 Å². The number of carbonyl (C=O) groups excluding carboxylic acids is 1. The summed E-state index contributed by atoms with van der Waals surface area (Å²) in [5.74, 6) is 0.687. The first-order valence-electron chi connectivity index (χ1n) is 7.69. The normalized spacial score (nSPS) is 16.5. The van der Waals surface area contributed by atoms with E-state index < -0.39 is 0 Å². The summed E-state index contributed by atoms with van der Waals surface area (Å²) in [4.78, 5) is 14.5. The van der Waals surface area contributed by atoms with Gasteiger partial charge in [0.25, 0.3) is 0 Å². The van der Waals surface area contributed by atoms with Gasteiger partial charge in [-0.1, -0.05) is 36.7 Å². The number of nitrogens with zero attached hydrogens (tertiary/aromatic N) is 1. The highest BCUT2D eigenvalue weighted by Crippen LogP contribution is 2.36. The van der Waals surface area contributed by atoms with Gasteiger partial charge in [-0.2, -0.15) is 0 Å². The van der Waals surface area contributed by atoms with Crippen LogP contribution in [0.15, 0.2) is 42.5 Å². The number of anilines is 2. The zero-order valence-corrected chi connectivity index (χ0v) is 13.9. The molecule has 1 heterocycles. The first-order chi connectivity index (χ1) is 11.1. The lowest BCUT2D eigenvalue weighted by molar-refractivity contribution is 0.188. The van der Waals surface area contributed by atoms with Gasteiger partial charge < -0.3 is 10.1 Å². The Morgan fingerprint density at radius 3 is 2.87 bits per heavy atom. The van der Waals surface area contributed by atoms with Crippen molar-refractivity contribution in [2.75, 3.05) is 16.8 Å². The molecule has 0 radical (unpaired) electrons. The number of hydrogen-bond donors (Lipinski definition) is 1. The number of amides is 2. The van der Waals surface area contributed by atoms with Crippen molar-refractivity contribution in [1.29, 1.82) is 0 Å². The van der Waals surface area contributed by atoms with Crippen LogP contribution in [0.5, 0.6) is 5.75 Å². The zero-order valence-electron chi connectivity index (χ0n) is 13.2. The van der Waals surface area contributed by atoms with Gasteiger partial charge in [0, 0.05) is 10.7 Å². The monoisotopic (exact) mass is 330 g/mol. The van der Waals surface area contributed by atoms with Crippen LogP contribution in [0.3, 0.4) is 0 Å². The van der Waals surface area contributed by atoms with Crippen LogP contribution in [-0.4, -0.2) is 18.7 Å². The summed E-state index contributed by atoms with van der Waals surface area (Å²) in [5.41, 5.74) is 2.53. The predicted molar refractivity (Wildman–Crippen MR) is 93.7 cm³/mol. The summed E-state index contributed by atoms with van der Waals surface area (Å²) in [6, 6.07) is 12.9. The Morgan fingerprint density at radius 2 is 2.13 bits per heavy atom. The van der Waals surface area contributed by atoms with E-state index in [4.69, 9.17) is 16.3 Å². The van der Waals surface area contributed by atoms with Crippen molar-refractivity contribution >= 4 is 29.0 Å². The number of benzene rings is 2. The largest absolute Gasteiger partial charge is 0.486 e. The summed E-state index contributed by atoms with van der Waals surface area (Å²) in [7, 11) is 0. The number of aryl methyl sites for hydroxylation is 1. The molecule has 3 rings (SSSR count). The number of halogens is 1. The number of rotatable bonds is 2. The van der Waals surface area contributed by atoms with E-state index in [-0.39, 0.29) is 12.1 Å².